The van der Waals surface area contributed by atoms with Crippen molar-refractivity contribution in [1.82, 2.24) is 0 Å². The zero-order valence-electron chi connectivity index (χ0n) is 33.5. The van der Waals surface area contributed by atoms with Crippen molar-refractivity contribution >= 4 is 13.8 Å². The highest BCUT2D eigenvalue weighted by Gasteiger charge is 2.35. The number of hydrogen-bond acceptors (Lipinski definition) is 11. The zero-order chi connectivity index (χ0) is 39.7. The summed E-state index contributed by atoms with van der Waals surface area (Å²) in [6.07, 6.45) is 28.8. The molecule has 0 saturated carbocycles. The van der Waals surface area contributed by atoms with E-state index < -0.39 is 44.5 Å². The molecule has 0 aromatic rings. The number of aliphatic hydroxyl groups excluding tert-OH is 3. The SMILES string of the molecule is CCCCCCCCCCCCCC/C=C/O[C@H](COC(=O)CCC/C=C\C[C@H]1[C@@H](O)CC(O)O[C@@H]1/C=C/[C@@H](O)CCCCC)COP(=O)(O)OCCN. The lowest BCUT2D eigenvalue weighted by molar-refractivity contribution is -0.199. The van der Waals surface area contributed by atoms with Crippen LogP contribution in [0.5, 0.6) is 0 Å². The molecule has 0 aromatic carbocycles. The highest BCUT2D eigenvalue weighted by molar-refractivity contribution is 7.47. The Labute approximate surface area is 326 Å². The number of phosphoric acid groups is 1. The van der Waals surface area contributed by atoms with Crippen molar-refractivity contribution in [3.05, 3.63) is 36.6 Å². The number of hydrogen-bond donors (Lipinski definition) is 5. The Balaban J connectivity index is 2.43. The van der Waals surface area contributed by atoms with Gasteiger partial charge < -0.3 is 40.2 Å². The van der Waals surface area contributed by atoms with E-state index in [1.54, 1.807) is 12.2 Å². The average molecular weight is 790 g/mol. The fraction of sp³-hybridized carbons (Fsp3) is 0.829. The maximum absolute atomic E-state index is 12.5. The molecule has 12 nitrogen and oxygen atoms in total. The van der Waals surface area contributed by atoms with Gasteiger partial charge in [-0.05, 0) is 44.6 Å². The molecule has 7 atom stereocenters. The van der Waals surface area contributed by atoms with Gasteiger partial charge in [-0.2, -0.15) is 0 Å². The number of carbonyl (C=O) groups excluding carboxylic acids is 1. The first kappa shape index (κ1) is 50.4. The average Bonchev–Trinajstić information content (AvgIpc) is 3.14. The smallest absolute Gasteiger partial charge is 0.472 e. The summed E-state index contributed by atoms with van der Waals surface area (Å²) in [5.41, 5.74) is 5.35. The fourth-order valence-corrected chi connectivity index (χ4v) is 6.96. The van der Waals surface area contributed by atoms with Gasteiger partial charge in [-0.15, -0.1) is 0 Å². The van der Waals surface area contributed by atoms with E-state index in [2.05, 4.69) is 13.8 Å². The summed E-state index contributed by atoms with van der Waals surface area (Å²) in [5.74, 6) is -0.710. The maximum atomic E-state index is 12.5. The van der Waals surface area contributed by atoms with Crippen molar-refractivity contribution in [2.75, 3.05) is 26.4 Å². The van der Waals surface area contributed by atoms with Crippen molar-refractivity contribution in [1.29, 1.82) is 0 Å². The summed E-state index contributed by atoms with van der Waals surface area (Å²) in [6, 6.07) is 0. The normalized spacial score (nSPS) is 21.5. The molecule has 1 heterocycles. The molecule has 0 bridgehead atoms. The van der Waals surface area contributed by atoms with Crippen LogP contribution in [0.1, 0.15) is 155 Å². The summed E-state index contributed by atoms with van der Waals surface area (Å²) >= 11 is 0. The number of esters is 1. The standard InChI is InChI=1S/C41H76NO11P/c1-3-5-7-8-9-10-11-12-13-14-15-16-19-23-30-49-36(34-52-54(47,48)51-31-29-42)33-50-40(45)26-22-18-17-21-25-37-38(44)32-41(46)53-39(37)28-27-35(43)24-20-6-4-2/h17,21,23,27-28,30,35-39,41,43-44,46H,3-16,18-20,22,24-26,29,31-34,42H2,1-2H3,(H,47,48)/b21-17-,28-27+,30-23+/t35-,36+,37-,38-,39+,41?/m0/s1. The molecule has 0 amide bonds. The Kier molecular flexibility index (Phi) is 31.3. The van der Waals surface area contributed by atoms with Gasteiger partial charge in [-0.3, -0.25) is 13.8 Å². The minimum absolute atomic E-state index is 0.0612. The molecule has 316 valence electrons. The number of aliphatic hydroxyl groups is 3. The van der Waals surface area contributed by atoms with Gasteiger partial charge in [0.1, 0.15) is 6.61 Å². The zero-order valence-corrected chi connectivity index (χ0v) is 34.4. The molecule has 2 unspecified atom stereocenters. The third-order valence-electron chi connectivity index (χ3n) is 9.44. The van der Waals surface area contributed by atoms with E-state index in [0.717, 1.165) is 38.5 Å². The highest BCUT2D eigenvalue weighted by atomic mass is 31.2. The summed E-state index contributed by atoms with van der Waals surface area (Å²) < 4.78 is 38.8. The largest absolute Gasteiger partial charge is 0.492 e. The van der Waals surface area contributed by atoms with Gasteiger partial charge in [-0.25, -0.2) is 4.57 Å². The van der Waals surface area contributed by atoms with Gasteiger partial charge in [-0.1, -0.05) is 128 Å². The van der Waals surface area contributed by atoms with Gasteiger partial charge in [0.2, 0.25) is 0 Å². The van der Waals surface area contributed by atoms with Crippen LogP contribution in [0.2, 0.25) is 0 Å². The second-order valence-electron chi connectivity index (χ2n) is 14.4. The van der Waals surface area contributed by atoms with Crippen molar-refractivity contribution in [2.24, 2.45) is 11.7 Å². The molecule has 1 rings (SSSR count). The van der Waals surface area contributed by atoms with Crippen LogP contribution in [0.4, 0.5) is 0 Å². The van der Waals surface area contributed by atoms with Crippen LogP contribution in [-0.4, -0.2) is 83.3 Å². The van der Waals surface area contributed by atoms with E-state index in [9.17, 15) is 29.6 Å². The molecule has 6 N–H and O–H groups in total. The molecular formula is C41H76NO11P. The Hall–Kier alpha value is -1.60. The van der Waals surface area contributed by atoms with E-state index in [1.807, 2.05) is 18.2 Å². The van der Waals surface area contributed by atoms with Gasteiger partial charge in [0, 0.05) is 25.3 Å². The van der Waals surface area contributed by atoms with Crippen molar-refractivity contribution in [2.45, 2.75) is 186 Å². The molecule has 0 radical (unpaired) electrons. The lowest BCUT2D eigenvalue weighted by atomic mass is 9.87. The second-order valence-corrected chi connectivity index (χ2v) is 15.9. The quantitative estimate of drug-likeness (QED) is 0.0136. The van der Waals surface area contributed by atoms with Crippen LogP contribution >= 0.6 is 7.82 Å². The summed E-state index contributed by atoms with van der Waals surface area (Å²) in [4.78, 5) is 22.4. The number of unbranched alkanes of at least 4 members (excludes halogenated alkanes) is 15. The van der Waals surface area contributed by atoms with Crippen LogP contribution in [0.25, 0.3) is 0 Å². The van der Waals surface area contributed by atoms with Crippen LogP contribution in [0.15, 0.2) is 36.6 Å². The molecule has 1 fully saturated rings. The molecule has 54 heavy (non-hydrogen) atoms. The van der Waals surface area contributed by atoms with Crippen molar-refractivity contribution < 1.29 is 52.8 Å². The number of ether oxygens (including phenoxy) is 3. The Morgan fingerprint density at radius 1 is 0.852 bits per heavy atom. The third kappa shape index (κ3) is 27.9. The first-order chi connectivity index (χ1) is 26.1. The Morgan fingerprint density at radius 2 is 1.48 bits per heavy atom. The summed E-state index contributed by atoms with van der Waals surface area (Å²) in [7, 11) is -4.33. The lowest BCUT2D eigenvalue weighted by Gasteiger charge is -2.36. The lowest BCUT2D eigenvalue weighted by Crippen LogP contribution is -2.43. The summed E-state index contributed by atoms with van der Waals surface area (Å²) in [5, 5.41) is 30.9. The van der Waals surface area contributed by atoms with Crippen molar-refractivity contribution in [3.63, 3.8) is 0 Å². The van der Waals surface area contributed by atoms with Gasteiger partial charge in [0.25, 0.3) is 0 Å². The third-order valence-corrected chi connectivity index (χ3v) is 10.4. The molecule has 0 spiro atoms. The monoisotopic (exact) mass is 790 g/mol. The predicted octanol–water partition coefficient (Wildman–Crippen LogP) is 8.31. The minimum Gasteiger partial charge on any atom is -0.492 e. The van der Waals surface area contributed by atoms with Crippen LogP contribution in [-0.2, 0) is 32.6 Å². The van der Waals surface area contributed by atoms with E-state index in [1.165, 1.54) is 70.5 Å². The van der Waals surface area contributed by atoms with E-state index >= 15 is 0 Å². The minimum atomic E-state index is -4.33. The number of allylic oxidation sites excluding steroid dienone is 3. The van der Waals surface area contributed by atoms with E-state index in [4.69, 9.17) is 29.0 Å². The summed E-state index contributed by atoms with van der Waals surface area (Å²) in [6.45, 7) is 3.79. The number of rotatable bonds is 35. The molecular weight excluding hydrogens is 713 g/mol. The molecule has 0 aliphatic carbocycles. The van der Waals surface area contributed by atoms with Crippen LogP contribution < -0.4 is 5.73 Å². The fourth-order valence-electron chi connectivity index (χ4n) is 6.20. The Morgan fingerprint density at radius 3 is 2.15 bits per heavy atom. The topological polar surface area (TPSA) is 187 Å². The molecule has 1 saturated heterocycles. The molecule has 1 aliphatic rings. The van der Waals surface area contributed by atoms with Gasteiger partial charge in [0.05, 0.1) is 37.8 Å². The van der Waals surface area contributed by atoms with Gasteiger partial charge >= 0.3 is 13.8 Å². The number of nitrogens with two attached hydrogens (primary N) is 1. The molecule has 0 aromatic heterocycles. The first-order valence-corrected chi connectivity index (χ1v) is 22.4. The van der Waals surface area contributed by atoms with Crippen LogP contribution in [0, 0.1) is 5.92 Å². The predicted molar refractivity (Wildman–Crippen MR) is 213 cm³/mol. The first-order valence-electron chi connectivity index (χ1n) is 20.9. The van der Waals surface area contributed by atoms with Crippen molar-refractivity contribution in [3.8, 4) is 0 Å². The Bertz CT molecular complexity index is 1040. The number of carbonyl (C=O) groups is 1. The molecule has 13 heteroatoms. The van der Waals surface area contributed by atoms with E-state index in [0.29, 0.717) is 25.7 Å². The number of phosphoric ester groups is 1. The maximum Gasteiger partial charge on any atom is 0.472 e. The van der Waals surface area contributed by atoms with Gasteiger partial charge in [0.15, 0.2) is 12.4 Å². The molecule has 1 aliphatic heterocycles. The second kappa shape index (κ2) is 33.5. The van der Waals surface area contributed by atoms with E-state index in [-0.39, 0.29) is 45.1 Å². The highest BCUT2D eigenvalue weighted by Crippen LogP contribution is 2.43. The van der Waals surface area contributed by atoms with Crippen LogP contribution in [0.3, 0.4) is 0 Å².